The number of aliphatic hydroxyl groups is 1. The number of hydrogen-bond donors (Lipinski definition) is 2. The molecule has 0 radical (unpaired) electrons. The first-order valence-electron chi connectivity index (χ1n) is 8.62. The molecule has 110 valence electrons. The molecule has 3 fully saturated rings. The number of hydrogen-bond acceptors (Lipinski definition) is 2. The first kappa shape index (κ1) is 13.9. The average Bonchev–Trinajstić information content (AvgIpc) is 3.26. The summed E-state index contributed by atoms with van der Waals surface area (Å²) >= 11 is 0. The molecule has 3 rings (SSSR count). The Morgan fingerprint density at radius 2 is 1.53 bits per heavy atom. The Hall–Kier alpha value is -0.0800. The maximum Gasteiger partial charge on any atom is 0.0718 e. The molecule has 0 aliphatic heterocycles. The van der Waals surface area contributed by atoms with Gasteiger partial charge in [0.05, 0.1) is 5.60 Å². The van der Waals surface area contributed by atoms with Gasteiger partial charge >= 0.3 is 0 Å². The minimum Gasteiger partial charge on any atom is -0.389 e. The van der Waals surface area contributed by atoms with Crippen LogP contribution in [0.15, 0.2) is 0 Å². The lowest BCUT2D eigenvalue weighted by Gasteiger charge is -2.51. The van der Waals surface area contributed by atoms with Crippen molar-refractivity contribution in [2.24, 2.45) is 23.0 Å². The summed E-state index contributed by atoms with van der Waals surface area (Å²) in [4.78, 5) is 0. The summed E-state index contributed by atoms with van der Waals surface area (Å²) in [7, 11) is 0. The van der Waals surface area contributed by atoms with Crippen molar-refractivity contribution in [1.82, 2.24) is 0 Å². The molecule has 2 unspecified atom stereocenters. The van der Waals surface area contributed by atoms with E-state index in [-0.39, 0.29) is 5.41 Å². The van der Waals surface area contributed by atoms with E-state index in [2.05, 4.69) is 0 Å². The van der Waals surface area contributed by atoms with Crippen molar-refractivity contribution in [3.05, 3.63) is 0 Å². The van der Waals surface area contributed by atoms with Crippen LogP contribution < -0.4 is 5.73 Å². The molecular weight excluding hydrogens is 234 g/mol. The van der Waals surface area contributed by atoms with Crippen LogP contribution in [0.4, 0.5) is 0 Å². The van der Waals surface area contributed by atoms with Crippen LogP contribution in [0.5, 0.6) is 0 Å². The van der Waals surface area contributed by atoms with E-state index in [1.54, 1.807) is 0 Å². The summed E-state index contributed by atoms with van der Waals surface area (Å²) < 4.78 is 0. The zero-order valence-electron chi connectivity index (χ0n) is 12.4. The molecule has 0 bridgehead atoms. The van der Waals surface area contributed by atoms with Crippen molar-refractivity contribution in [2.75, 3.05) is 6.54 Å². The maximum absolute atomic E-state index is 11.4. The van der Waals surface area contributed by atoms with Crippen molar-refractivity contribution in [2.45, 2.75) is 82.7 Å². The normalized spacial score (nSPS) is 39.8. The van der Waals surface area contributed by atoms with Gasteiger partial charge in [0.2, 0.25) is 0 Å². The number of nitrogens with two attached hydrogens (primary N) is 1. The van der Waals surface area contributed by atoms with Crippen molar-refractivity contribution in [1.29, 1.82) is 0 Å². The molecule has 2 heteroatoms. The lowest BCUT2D eigenvalue weighted by Crippen LogP contribution is -2.55. The fraction of sp³-hybridized carbons (Fsp3) is 1.00. The molecule has 0 spiro atoms. The van der Waals surface area contributed by atoms with E-state index >= 15 is 0 Å². The summed E-state index contributed by atoms with van der Waals surface area (Å²) in [5, 5.41) is 11.4. The van der Waals surface area contributed by atoms with Gasteiger partial charge in [0.1, 0.15) is 0 Å². The molecule has 3 N–H and O–H groups in total. The molecule has 2 nitrogen and oxygen atoms in total. The van der Waals surface area contributed by atoms with E-state index in [1.165, 1.54) is 51.4 Å². The molecular formula is C17H31NO. The van der Waals surface area contributed by atoms with Crippen LogP contribution >= 0.6 is 0 Å². The van der Waals surface area contributed by atoms with Crippen LogP contribution in [0.3, 0.4) is 0 Å². The minimum atomic E-state index is -0.447. The SMILES string of the molecule is NCC1(C2(O)CCCC(C3CC3)C2)CCCCCC1. The van der Waals surface area contributed by atoms with Crippen LogP contribution in [0.2, 0.25) is 0 Å². The van der Waals surface area contributed by atoms with Crippen molar-refractivity contribution in [3.63, 3.8) is 0 Å². The van der Waals surface area contributed by atoms with E-state index in [4.69, 9.17) is 5.73 Å². The predicted molar refractivity (Wildman–Crippen MR) is 78.8 cm³/mol. The van der Waals surface area contributed by atoms with Crippen LogP contribution in [0, 0.1) is 17.3 Å². The molecule has 0 aromatic carbocycles. The molecule has 19 heavy (non-hydrogen) atoms. The zero-order valence-corrected chi connectivity index (χ0v) is 12.4. The Bertz CT molecular complexity index is 304. The Kier molecular flexibility index (Phi) is 3.92. The topological polar surface area (TPSA) is 46.2 Å². The standard InChI is InChI=1S/C17H31NO/c18-13-16(9-3-1-2-4-10-16)17(19)11-5-6-15(12-17)14-7-8-14/h14-15,19H,1-13,18H2. The highest BCUT2D eigenvalue weighted by Crippen LogP contribution is 2.54. The maximum atomic E-state index is 11.4. The lowest BCUT2D eigenvalue weighted by atomic mass is 9.59. The van der Waals surface area contributed by atoms with E-state index < -0.39 is 5.60 Å². The summed E-state index contributed by atoms with van der Waals surface area (Å²) in [6.07, 6.45) is 15.0. The predicted octanol–water partition coefficient (Wildman–Crippen LogP) is 3.62. The van der Waals surface area contributed by atoms with Gasteiger partial charge in [-0.1, -0.05) is 32.1 Å². The summed E-state index contributed by atoms with van der Waals surface area (Å²) in [5.41, 5.74) is 5.79. The van der Waals surface area contributed by atoms with E-state index in [1.807, 2.05) is 0 Å². The van der Waals surface area contributed by atoms with Crippen molar-refractivity contribution < 1.29 is 5.11 Å². The fourth-order valence-electron chi connectivity index (χ4n) is 5.01. The summed E-state index contributed by atoms with van der Waals surface area (Å²) in [6, 6.07) is 0. The Morgan fingerprint density at radius 1 is 0.842 bits per heavy atom. The largest absolute Gasteiger partial charge is 0.389 e. The summed E-state index contributed by atoms with van der Waals surface area (Å²) in [6.45, 7) is 0.695. The van der Waals surface area contributed by atoms with Gasteiger partial charge in [-0.25, -0.2) is 0 Å². The molecule has 0 heterocycles. The second kappa shape index (κ2) is 5.37. The Morgan fingerprint density at radius 3 is 2.11 bits per heavy atom. The van der Waals surface area contributed by atoms with Gasteiger partial charge in [-0.2, -0.15) is 0 Å². The van der Waals surface area contributed by atoms with Gasteiger partial charge in [0.25, 0.3) is 0 Å². The first-order chi connectivity index (χ1) is 9.19. The summed E-state index contributed by atoms with van der Waals surface area (Å²) in [5.74, 6) is 1.73. The minimum absolute atomic E-state index is 0.0388. The van der Waals surface area contributed by atoms with Crippen LogP contribution in [0.1, 0.15) is 77.0 Å². The van der Waals surface area contributed by atoms with Crippen molar-refractivity contribution >= 4 is 0 Å². The van der Waals surface area contributed by atoms with Gasteiger partial charge in [0, 0.05) is 12.0 Å². The quantitative estimate of drug-likeness (QED) is 0.766. The second-order valence-electron chi connectivity index (χ2n) is 7.62. The van der Waals surface area contributed by atoms with E-state index in [0.29, 0.717) is 6.54 Å². The van der Waals surface area contributed by atoms with Gasteiger partial charge in [-0.05, 0) is 56.8 Å². The van der Waals surface area contributed by atoms with Crippen molar-refractivity contribution in [3.8, 4) is 0 Å². The van der Waals surface area contributed by atoms with Crippen LogP contribution in [-0.2, 0) is 0 Å². The van der Waals surface area contributed by atoms with Crippen LogP contribution in [0.25, 0.3) is 0 Å². The van der Waals surface area contributed by atoms with Gasteiger partial charge in [0.15, 0.2) is 0 Å². The average molecular weight is 265 g/mol. The third-order valence-electron chi connectivity index (χ3n) is 6.49. The molecule has 0 aromatic rings. The Labute approximate surface area is 118 Å². The first-order valence-corrected chi connectivity index (χ1v) is 8.62. The fourth-order valence-corrected chi connectivity index (χ4v) is 5.01. The third kappa shape index (κ3) is 2.58. The highest BCUT2D eigenvalue weighted by atomic mass is 16.3. The zero-order chi connectivity index (χ0) is 13.3. The molecule has 0 saturated heterocycles. The molecule has 0 amide bonds. The van der Waals surface area contributed by atoms with Gasteiger partial charge < -0.3 is 10.8 Å². The van der Waals surface area contributed by atoms with E-state index in [9.17, 15) is 5.11 Å². The molecule has 3 aliphatic rings. The molecule has 3 saturated carbocycles. The van der Waals surface area contributed by atoms with E-state index in [0.717, 1.165) is 37.5 Å². The second-order valence-corrected chi connectivity index (χ2v) is 7.62. The third-order valence-corrected chi connectivity index (χ3v) is 6.49. The smallest absolute Gasteiger partial charge is 0.0718 e. The van der Waals surface area contributed by atoms with Crippen LogP contribution in [-0.4, -0.2) is 17.3 Å². The monoisotopic (exact) mass is 265 g/mol. The lowest BCUT2D eigenvalue weighted by molar-refractivity contribution is -0.127. The Balaban J connectivity index is 1.78. The highest BCUT2D eigenvalue weighted by Gasteiger charge is 2.52. The number of rotatable bonds is 3. The molecule has 2 atom stereocenters. The highest BCUT2D eigenvalue weighted by molar-refractivity contribution is 5.04. The van der Waals surface area contributed by atoms with Gasteiger partial charge in [-0.15, -0.1) is 0 Å². The molecule has 0 aromatic heterocycles. The van der Waals surface area contributed by atoms with Gasteiger partial charge in [-0.3, -0.25) is 0 Å². The molecule has 3 aliphatic carbocycles.